The first-order valence-corrected chi connectivity index (χ1v) is 8.02. The molecule has 0 radical (unpaired) electrons. The predicted molar refractivity (Wildman–Crippen MR) is 87.7 cm³/mol. The summed E-state index contributed by atoms with van der Waals surface area (Å²) in [6, 6.07) is 3.65. The van der Waals surface area contributed by atoms with Crippen LogP contribution in [0.1, 0.15) is 32.3 Å². The first kappa shape index (κ1) is 16.8. The average molecular weight is 344 g/mol. The number of unbranched alkanes of at least 4 members (excludes halogenated alkanes) is 1. The number of ether oxygens (including phenoxy) is 1. The van der Waals surface area contributed by atoms with Crippen LogP contribution in [0.5, 0.6) is 5.75 Å². The molecule has 0 aliphatic heterocycles. The lowest BCUT2D eigenvalue weighted by Gasteiger charge is -2.11. The van der Waals surface area contributed by atoms with E-state index in [1.807, 2.05) is 19.1 Å². The molecule has 0 fully saturated rings. The second-order valence-corrected chi connectivity index (χ2v) is 5.57. The van der Waals surface area contributed by atoms with Gasteiger partial charge in [0, 0.05) is 13.1 Å². The van der Waals surface area contributed by atoms with Gasteiger partial charge >= 0.3 is 0 Å². The molecule has 1 N–H and O–H groups in total. The van der Waals surface area contributed by atoms with E-state index in [-0.39, 0.29) is 0 Å². The summed E-state index contributed by atoms with van der Waals surface area (Å²) >= 11 is 12.4. The van der Waals surface area contributed by atoms with Crippen LogP contribution in [0, 0.1) is 0 Å². The van der Waals surface area contributed by atoms with Crippen molar-refractivity contribution in [3.05, 3.63) is 27.7 Å². The van der Waals surface area contributed by atoms with Crippen LogP contribution in [0.2, 0.25) is 10.0 Å². The summed E-state index contributed by atoms with van der Waals surface area (Å²) < 4.78 is 7.17. The van der Waals surface area contributed by atoms with Gasteiger partial charge in [0.15, 0.2) is 5.75 Å². The van der Waals surface area contributed by atoms with Crippen molar-refractivity contribution in [2.45, 2.75) is 39.8 Å². The minimum absolute atomic E-state index is 0.497. The fourth-order valence-electron chi connectivity index (χ4n) is 1.97. The second kappa shape index (κ2) is 8.19. The number of aryl methyl sites for hydroxylation is 1. The molecule has 2 rings (SSSR count). The Hall–Kier alpha value is -1.53. The fourth-order valence-corrected chi connectivity index (χ4v) is 2.61. The highest BCUT2D eigenvalue weighted by molar-refractivity contribution is 6.37. The third-order valence-corrected chi connectivity index (χ3v) is 3.61. The van der Waals surface area contributed by atoms with Crippen LogP contribution in [-0.4, -0.2) is 26.8 Å². The molecule has 0 bridgehead atoms. The highest BCUT2D eigenvalue weighted by Gasteiger charge is 2.10. The number of hydrogen-bond donors (Lipinski definition) is 1. The predicted octanol–water partition coefficient (Wildman–Crippen LogP) is 3.79. The first-order valence-electron chi connectivity index (χ1n) is 7.26. The number of aromatic nitrogens is 4. The molecule has 1 heterocycles. The van der Waals surface area contributed by atoms with Gasteiger partial charge in [0.25, 0.3) is 0 Å². The lowest BCUT2D eigenvalue weighted by molar-refractivity contribution is 0.340. The van der Waals surface area contributed by atoms with Crippen molar-refractivity contribution in [2.75, 3.05) is 11.9 Å². The van der Waals surface area contributed by atoms with E-state index in [2.05, 4.69) is 27.8 Å². The molecule has 8 heteroatoms. The van der Waals surface area contributed by atoms with Crippen LogP contribution < -0.4 is 10.1 Å². The van der Waals surface area contributed by atoms with Crippen molar-refractivity contribution in [1.82, 2.24) is 20.2 Å². The Morgan fingerprint density at radius 2 is 1.95 bits per heavy atom. The Morgan fingerprint density at radius 1 is 1.23 bits per heavy atom. The summed E-state index contributed by atoms with van der Waals surface area (Å²) in [4.78, 5) is 0. The van der Waals surface area contributed by atoms with E-state index in [4.69, 9.17) is 27.9 Å². The molecule has 2 aromatic rings. The molecule has 1 aromatic heterocycles. The van der Waals surface area contributed by atoms with E-state index in [0.717, 1.165) is 24.9 Å². The van der Waals surface area contributed by atoms with Gasteiger partial charge in [-0.1, -0.05) is 41.6 Å². The molecule has 0 spiro atoms. The third-order valence-electron chi connectivity index (χ3n) is 3.05. The van der Waals surface area contributed by atoms with Crippen LogP contribution in [-0.2, 0) is 13.1 Å². The molecule has 1 aromatic carbocycles. The Balaban J connectivity index is 2.04. The molecule has 0 saturated carbocycles. The van der Waals surface area contributed by atoms with E-state index in [1.165, 1.54) is 0 Å². The zero-order valence-electron chi connectivity index (χ0n) is 12.6. The average Bonchev–Trinajstić information content (AvgIpc) is 2.94. The van der Waals surface area contributed by atoms with E-state index in [1.54, 1.807) is 4.68 Å². The van der Waals surface area contributed by atoms with Crippen molar-refractivity contribution in [1.29, 1.82) is 0 Å². The van der Waals surface area contributed by atoms with Crippen LogP contribution in [0.15, 0.2) is 12.1 Å². The van der Waals surface area contributed by atoms with Gasteiger partial charge in [0.1, 0.15) is 0 Å². The van der Waals surface area contributed by atoms with Gasteiger partial charge in [-0.2, -0.15) is 0 Å². The maximum atomic E-state index is 6.19. The van der Waals surface area contributed by atoms with Gasteiger partial charge in [-0.25, -0.2) is 4.68 Å². The lowest BCUT2D eigenvalue weighted by atomic mass is 10.2. The summed E-state index contributed by atoms with van der Waals surface area (Å²) in [6.07, 6.45) is 2.11. The summed E-state index contributed by atoms with van der Waals surface area (Å²) in [5, 5.41) is 15.8. The topological polar surface area (TPSA) is 64.9 Å². The van der Waals surface area contributed by atoms with E-state index < -0.39 is 0 Å². The molecule has 120 valence electrons. The molecule has 0 unspecified atom stereocenters. The highest BCUT2D eigenvalue weighted by atomic mass is 35.5. The molecule has 22 heavy (non-hydrogen) atoms. The molecule has 0 atom stereocenters. The number of rotatable bonds is 8. The Morgan fingerprint density at radius 3 is 2.59 bits per heavy atom. The van der Waals surface area contributed by atoms with Crippen LogP contribution in [0.4, 0.5) is 5.95 Å². The highest BCUT2D eigenvalue weighted by Crippen LogP contribution is 2.34. The summed E-state index contributed by atoms with van der Waals surface area (Å²) in [5.74, 6) is 1.15. The monoisotopic (exact) mass is 343 g/mol. The third kappa shape index (κ3) is 4.24. The number of tetrazole rings is 1. The molecular formula is C14H19Cl2N5O. The minimum atomic E-state index is 0.497. The Bertz CT molecular complexity index is 594. The quantitative estimate of drug-likeness (QED) is 0.789. The van der Waals surface area contributed by atoms with E-state index in [9.17, 15) is 0 Å². The maximum absolute atomic E-state index is 6.19. The number of nitrogens with zero attached hydrogens (tertiary/aromatic N) is 4. The second-order valence-electron chi connectivity index (χ2n) is 4.75. The molecule has 6 nitrogen and oxygen atoms in total. The zero-order valence-corrected chi connectivity index (χ0v) is 14.2. The van der Waals surface area contributed by atoms with Crippen LogP contribution in [0.25, 0.3) is 0 Å². The molecule has 0 amide bonds. The van der Waals surface area contributed by atoms with Gasteiger partial charge in [-0.3, -0.25) is 0 Å². The van der Waals surface area contributed by atoms with Gasteiger partial charge in [-0.15, -0.1) is 0 Å². The molecule has 0 saturated heterocycles. The number of nitrogens with one attached hydrogen (secondary N) is 1. The summed E-state index contributed by atoms with van der Waals surface area (Å²) in [7, 11) is 0. The lowest BCUT2D eigenvalue weighted by Crippen LogP contribution is -2.09. The van der Waals surface area contributed by atoms with Crippen molar-refractivity contribution < 1.29 is 4.74 Å². The zero-order chi connectivity index (χ0) is 15.9. The van der Waals surface area contributed by atoms with Crippen LogP contribution >= 0.6 is 23.2 Å². The van der Waals surface area contributed by atoms with E-state index >= 15 is 0 Å². The number of benzene rings is 1. The standard InChI is InChI=1S/C14H19Cl2N5O/c1-3-5-6-21-14(18-19-20-21)17-9-10-7-11(15)13(22-4-2)12(16)8-10/h7-8H,3-6,9H2,1-2H3,(H,17,18,20). The molecule has 0 aliphatic carbocycles. The Kier molecular flexibility index (Phi) is 6.27. The fraction of sp³-hybridized carbons (Fsp3) is 0.500. The smallest absolute Gasteiger partial charge is 0.243 e. The van der Waals surface area contributed by atoms with Gasteiger partial charge in [-0.05, 0) is 41.5 Å². The molecule has 0 aliphatic rings. The van der Waals surface area contributed by atoms with Gasteiger partial charge in [0.2, 0.25) is 5.95 Å². The minimum Gasteiger partial charge on any atom is -0.491 e. The summed E-state index contributed by atoms with van der Waals surface area (Å²) in [6.45, 7) is 5.85. The maximum Gasteiger partial charge on any atom is 0.243 e. The van der Waals surface area contributed by atoms with E-state index in [0.29, 0.717) is 34.9 Å². The molecular weight excluding hydrogens is 325 g/mol. The van der Waals surface area contributed by atoms with Crippen molar-refractivity contribution in [3.63, 3.8) is 0 Å². The number of hydrogen-bond acceptors (Lipinski definition) is 5. The first-order chi connectivity index (χ1) is 10.7. The number of anilines is 1. The van der Waals surface area contributed by atoms with Gasteiger partial charge in [0.05, 0.1) is 16.7 Å². The van der Waals surface area contributed by atoms with Crippen molar-refractivity contribution in [3.8, 4) is 5.75 Å². The SMILES string of the molecule is CCCCn1nnnc1NCc1cc(Cl)c(OCC)c(Cl)c1. The Labute approximate surface area is 139 Å². The van der Waals surface area contributed by atoms with Crippen LogP contribution in [0.3, 0.4) is 0 Å². The largest absolute Gasteiger partial charge is 0.491 e. The normalized spacial score (nSPS) is 10.7. The van der Waals surface area contributed by atoms with Crippen molar-refractivity contribution >= 4 is 29.2 Å². The number of halogens is 2. The summed E-state index contributed by atoms with van der Waals surface area (Å²) in [5.41, 5.74) is 0.934. The van der Waals surface area contributed by atoms with Crippen molar-refractivity contribution in [2.24, 2.45) is 0 Å². The van der Waals surface area contributed by atoms with Gasteiger partial charge < -0.3 is 10.1 Å².